The molecule has 0 heterocycles. The molecule has 2 aliphatic rings. The van der Waals surface area contributed by atoms with Crippen molar-refractivity contribution in [3.05, 3.63) is 42.5 Å². The monoisotopic (exact) mass is 310 g/mol. The van der Waals surface area contributed by atoms with Crippen LogP contribution in [0.1, 0.15) is 19.3 Å². The number of hydrogen-bond acceptors (Lipinski definition) is 2. The fourth-order valence-electron chi connectivity index (χ4n) is 2.48. The number of halogens is 1. The molecule has 17 heavy (non-hydrogen) atoms. The van der Waals surface area contributed by atoms with Crippen LogP contribution in [0.4, 0.5) is 0 Å². The summed E-state index contributed by atoms with van der Waals surface area (Å²) in [5.74, 6) is 0. The average molecular weight is 311 g/mol. The van der Waals surface area contributed by atoms with Gasteiger partial charge in [-0.05, 0) is 31.4 Å². The summed E-state index contributed by atoms with van der Waals surface area (Å²) in [6, 6.07) is 10.4. The van der Waals surface area contributed by atoms with Gasteiger partial charge in [-0.15, -0.1) is 11.8 Å². The van der Waals surface area contributed by atoms with Gasteiger partial charge < -0.3 is 5.11 Å². The highest BCUT2D eigenvalue weighted by Gasteiger charge is 2.64. The minimum Gasteiger partial charge on any atom is -0.384 e. The van der Waals surface area contributed by atoms with E-state index < -0.39 is 5.60 Å². The Hall–Kier alpha value is -0.250. The summed E-state index contributed by atoms with van der Waals surface area (Å²) in [4.78, 5) is 1.28. The summed E-state index contributed by atoms with van der Waals surface area (Å²) in [5, 5.41) is 11.1. The van der Waals surface area contributed by atoms with Crippen molar-refractivity contribution in [1.29, 1.82) is 0 Å². The van der Waals surface area contributed by atoms with Crippen molar-refractivity contribution < 1.29 is 5.11 Å². The van der Waals surface area contributed by atoms with Gasteiger partial charge >= 0.3 is 0 Å². The summed E-state index contributed by atoms with van der Waals surface area (Å²) in [6.45, 7) is 0. The lowest BCUT2D eigenvalue weighted by Gasteiger charge is -2.27. The fraction of sp³-hybridized carbons (Fsp3) is 0.429. The molecule has 0 aromatic heterocycles. The molecule has 2 aliphatic carbocycles. The number of aliphatic hydroxyl groups is 1. The SMILES string of the molecule is OC1(C2(Br)CC2Sc2ccccc2)C=CCC1. The summed E-state index contributed by atoms with van der Waals surface area (Å²) in [6.07, 6.45) is 6.95. The Bertz CT molecular complexity index is 447. The molecule has 0 amide bonds. The number of allylic oxidation sites excluding steroid dienone is 1. The molecular formula is C14H15BrOS. The molecule has 1 aromatic carbocycles. The van der Waals surface area contributed by atoms with E-state index >= 15 is 0 Å². The first-order chi connectivity index (χ1) is 8.14. The molecule has 0 radical (unpaired) electrons. The molecule has 0 saturated heterocycles. The number of benzene rings is 1. The molecule has 3 heteroatoms. The van der Waals surface area contributed by atoms with Gasteiger partial charge in [0, 0.05) is 10.1 Å². The molecular weight excluding hydrogens is 296 g/mol. The van der Waals surface area contributed by atoms with E-state index in [2.05, 4.69) is 46.3 Å². The molecule has 1 nitrogen and oxygen atoms in total. The van der Waals surface area contributed by atoms with Gasteiger partial charge in [0.25, 0.3) is 0 Å². The zero-order valence-corrected chi connectivity index (χ0v) is 11.9. The summed E-state index contributed by atoms with van der Waals surface area (Å²) >= 11 is 5.64. The van der Waals surface area contributed by atoms with E-state index in [9.17, 15) is 5.11 Å². The van der Waals surface area contributed by atoms with Crippen LogP contribution in [0.3, 0.4) is 0 Å². The van der Waals surface area contributed by atoms with Gasteiger partial charge in [0.2, 0.25) is 0 Å². The third kappa shape index (κ3) is 1.98. The standard InChI is InChI=1S/C14H15BrOS/c15-14(13(16)8-4-5-9-13)10-12(14)17-11-6-2-1-3-7-11/h1-4,6-8,12,16H,5,9-10H2. The summed E-state index contributed by atoms with van der Waals surface area (Å²) in [5.41, 5.74) is -0.639. The van der Waals surface area contributed by atoms with E-state index in [0.717, 1.165) is 19.3 Å². The molecule has 90 valence electrons. The second-order valence-corrected chi connectivity index (χ2v) is 7.54. The van der Waals surface area contributed by atoms with Gasteiger partial charge in [-0.25, -0.2) is 0 Å². The molecule has 3 unspecified atom stereocenters. The van der Waals surface area contributed by atoms with E-state index in [0.29, 0.717) is 5.25 Å². The first-order valence-corrected chi connectivity index (χ1v) is 7.62. The highest BCUT2D eigenvalue weighted by molar-refractivity contribution is 9.10. The Morgan fingerprint density at radius 1 is 1.29 bits per heavy atom. The Balaban J connectivity index is 1.71. The normalized spacial score (nSPS) is 39.5. The maximum Gasteiger partial charge on any atom is 0.0994 e. The van der Waals surface area contributed by atoms with Gasteiger partial charge in [0.05, 0.1) is 9.93 Å². The Morgan fingerprint density at radius 2 is 2.06 bits per heavy atom. The molecule has 0 aliphatic heterocycles. The quantitative estimate of drug-likeness (QED) is 0.677. The van der Waals surface area contributed by atoms with Crippen molar-refractivity contribution in [1.82, 2.24) is 0 Å². The first kappa shape index (κ1) is 11.8. The molecule has 0 spiro atoms. The highest BCUT2D eigenvalue weighted by atomic mass is 79.9. The fourth-order valence-corrected chi connectivity index (χ4v) is 5.00. The molecule has 1 aromatic rings. The lowest BCUT2D eigenvalue weighted by Crippen LogP contribution is -2.38. The predicted octanol–water partition coefficient (Wildman–Crippen LogP) is 3.77. The third-order valence-corrected chi connectivity index (χ3v) is 6.92. The van der Waals surface area contributed by atoms with E-state index in [1.54, 1.807) is 0 Å². The van der Waals surface area contributed by atoms with E-state index in [4.69, 9.17) is 0 Å². The van der Waals surface area contributed by atoms with Crippen LogP contribution in [0.15, 0.2) is 47.4 Å². The maximum atomic E-state index is 10.6. The minimum absolute atomic E-state index is 0.118. The summed E-state index contributed by atoms with van der Waals surface area (Å²) in [7, 11) is 0. The molecule has 0 bridgehead atoms. The van der Waals surface area contributed by atoms with Gasteiger partial charge in [0.15, 0.2) is 0 Å². The average Bonchev–Trinajstić information content (AvgIpc) is 2.78. The lowest BCUT2D eigenvalue weighted by atomic mass is 9.97. The van der Waals surface area contributed by atoms with Gasteiger partial charge in [-0.2, -0.15) is 0 Å². The zero-order chi connectivity index (χ0) is 11.9. The predicted molar refractivity (Wildman–Crippen MR) is 75.7 cm³/mol. The molecule has 3 atom stereocenters. The van der Waals surface area contributed by atoms with Crippen LogP contribution in [0, 0.1) is 0 Å². The number of thioether (sulfide) groups is 1. The van der Waals surface area contributed by atoms with Gasteiger partial charge in [-0.3, -0.25) is 0 Å². The van der Waals surface area contributed by atoms with Crippen molar-refractivity contribution in [3.8, 4) is 0 Å². The molecule has 3 rings (SSSR count). The van der Waals surface area contributed by atoms with Crippen LogP contribution >= 0.6 is 27.7 Å². The van der Waals surface area contributed by atoms with Gasteiger partial charge in [-0.1, -0.05) is 46.3 Å². The highest BCUT2D eigenvalue weighted by Crippen LogP contribution is 2.62. The second kappa shape index (κ2) is 4.15. The van der Waals surface area contributed by atoms with Gasteiger partial charge in [0.1, 0.15) is 0 Å². The van der Waals surface area contributed by atoms with Crippen LogP contribution in [0.5, 0.6) is 0 Å². The number of alkyl halides is 1. The maximum absolute atomic E-state index is 10.6. The zero-order valence-electron chi connectivity index (χ0n) is 9.47. The van der Waals surface area contributed by atoms with E-state index in [1.807, 2.05) is 23.9 Å². The second-order valence-electron chi connectivity index (χ2n) is 4.85. The molecule has 1 fully saturated rings. The van der Waals surface area contributed by atoms with Crippen LogP contribution in [0.25, 0.3) is 0 Å². The van der Waals surface area contributed by atoms with Crippen LogP contribution in [-0.4, -0.2) is 20.3 Å². The third-order valence-electron chi connectivity index (χ3n) is 3.66. The first-order valence-electron chi connectivity index (χ1n) is 5.95. The number of rotatable bonds is 3. The van der Waals surface area contributed by atoms with Crippen molar-refractivity contribution in [2.75, 3.05) is 0 Å². The summed E-state index contributed by atoms with van der Waals surface area (Å²) < 4.78 is -0.118. The number of hydrogen-bond donors (Lipinski definition) is 1. The molecule has 1 N–H and O–H groups in total. The van der Waals surface area contributed by atoms with Crippen LogP contribution in [-0.2, 0) is 0 Å². The Morgan fingerprint density at radius 3 is 2.71 bits per heavy atom. The smallest absolute Gasteiger partial charge is 0.0994 e. The van der Waals surface area contributed by atoms with Crippen molar-refractivity contribution in [3.63, 3.8) is 0 Å². The topological polar surface area (TPSA) is 20.2 Å². The largest absolute Gasteiger partial charge is 0.384 e. The van der Waals surface area contributed by atoms with Crippen molar-refractivity contribution in [2.45, 2.75) is 39.3 Å². The Labute approximate surface area is 114 Å². The van der Waals surface area contributed by atoms with E-state index in [-0.39, 0.29) is 4.32 Å². The minimum atomic E-state index is -0.639. The Kier molecular flexibility index (Phi) is 2.88. The van der Waals surface area contributed by atoms with Crippen molar-refractivity contribution in [2.24, 2.45) is 0 Å². The van der Waals surface area contributed by atoms with Crippen LogP contribution in [0.2, 0.25) is 0 Å². The van der Waals surface area contributed by atoms with Crippen LogP contribution < -0.4 is 0 Å². The lowest BCUT2D eigenvalue weighted by molar-refractivity contribution is 0.0832. The van der Waals surface area contributed by atoms with E-state index in [1.165, 1.54) is 4.90 Å². The molecule has 1 saturated carbocycles. The van der Waals surface area contributed by atoms with Crippen molar-refractivity contribution >= 4 is 27.7 Å².